The first-order valence-corrected chi connectivity index (χ1v) is 8.99. The molecule has 3 rings (SSSR count). The van der Waals surface area contributed by atoms with Crippen molar-refractivity contribution in [1.29, 1.82) is 0 Å². The van der Waals surface area contributed by atoms with E-state index in [0.29, 0.717) is 0 Å². The van der Waals surface area contributed by atoms with Gasteiger partial charge in [0.15, 0.2) is 5.65 Å². The van der Waals surface area contributed by atoms with Gasteiger partial charge in [0.25, 0.3) is 0 Å². The monoisotopic (exact) mass is 314 g/mol. The number of nitrogens with zero attached hydrogens (tertiary/aromatic N) is 4. The Hall–Kier alpha value is -1.62. The van der Waals surface area contributed by atoms with Crippen molar-refractivity contribution in [3.63, 3.8) is 0 Å². The van der Waals surface area contributed by atoms with E-state index in [0.717, 1.165) is 40.4 Å². The highest BCUT2D eigenvalue weighted by atomic mass is 32.2. The molecule has 4 nitrogen and oxygen atoms in total. The van der Waals surface area contributed by atoms with Gasteiger partial charge in [0.2, 0.25) is 5.16 Å². The Morgan fingerprint density at radius 3 is 2.77 bits per heavy atom. The predicted octanol–water partition coefficient (Wildman–Crippen LogP) is 4.59. The maximum atomic E-state index is 4.78. The maximum absolute atomic E-state index is 4.78. The quantitative estimate of drug-likeness (QED) is 0.493. The maximum Gasteiger partial charge on any atom is 0.211 e. The molecule has 1 aromatic carbocycles. The van der Waals surface area contributed by atoms with Crippen LogP contribution in [0.25, 0.3) is 22.1 Å². The summed E-state index contributed by atoms with van der Waals surface area (Å²) in [6, 6.07) is 6.51. The Balaban J connectivity index is 2.13. The second-order valence-corrected chi connectivity index (χ2v) is 6.70. The minimum atomic E-state index is 0.790. The summed E-state index contributed by atoms with van der Waals surface area (Å²) in [4.78, 5) is 4.78. The third-order valence-electron chi connectivity index (χ3n) is 3.78. The SMILES string of the molecule is CCCCSc1nnc2c3cc(C)ccc3n(CCC)c2n1. The van der Waals surface area contributed by atoms with Crippen molar-refractivity contribution in [2.24, 2.45) is 0 Å². The van der Waals surface area contributed by atoms with Crippen molar-refractivity contribution >= 4 is 33.8 Å². The molecule has 0 radical (unpaired) electrons. The lowest BCUT2D eigenvalue weighted by atomic mass is 10.2. The lowest BCUT2D eigenvalue weighted by Crippen LogP contribution is -2.00. The summed E-state index contributed by atoms with van der Waals surface area (Å²) < 4.78 is 2.28. The van der Waals surface area contributed by atoms with Gasteiger partial charge in [0.1, 0.15) is 5.52 Å². The van der Waals surface area contributed by atoms with Crippen LogP contribution < -0.4 is 0 Å². The molecule has 22 heavy (non-hydrogen) atoms. The molecule has 0 spiro atoms. The number of rotatable bonds is 6. The highest BCUT2D eigenvalue weighted by molar-refractivity contribution is 7.99. The van der Waals surface area contributed by atoms with Gasteiger partial charge in [-0.05, 0) is 31.9 Å². The molecule has 5 heteroatoms. The van der Waals surface area contributed by atoms with Crippen LogP contribution in [0.5, 0.6) is 0 Å². The number of aromatic nitrogens is 4. The fourth-order valence-electron chi connectivity index (χ4n) is 2.67. The third-order valence-corrected chi connectivity index (χ3v) is 4.70. The molecule has 116 valence electrons. The predicted molar refractivity (Wildman–Crippen MR) is 93.5 cm³/mol. The smallest absolute Gasteiger partial charge is 0.211 e. The van der Waals surface area contributed by atoms with Crippen LogP contribution >= 0.6 is 11.8 Å². The average Bonchev–Trinajstić information content (AvgIpc) is 2.81. The van der Waals surface area contributed by atoms with E-state index in [1.165, 1.54) is 23.9 Å². The number of hydrogen-bond acceptors (Lipinski definition) is 4. The highest BCUT2D eigenvalue weighted by Gasteiger charge is 2.14. The van der Waals surface area contributed by atoms with E-state index in [1.807, 2.05) is 0 Å². The van der Waals surface area contributed by atoms with E-state index in [4.69, 9.17) is 4.98 Å². The van der Waals surface area contributed by atoms with E-state index in [1.54, 1.807) is 11.8 Å². The second-order valence-electron chi connectivity index (χ2n) is 5.64. The Bertz CT molecular complexity index is 794. The standard InChI is InChI=1S/C17H22N4S/c1-4-6-10-22-17-18-16-15(19-20-17)13-11-12(3)7-8-14(13)21(16)9-5-2/h7-8,11H,4-6,9-10H2,1-3H3. The van der Waals surface area contributed by atoms with E-state index in [9.17, 15) is 0 Å². The molecule has 2 heterocycles. The average molecular weight is 314 g/mol. The number of benzene rings is 1. The van der Waals surface area contributed by atoms with E-state index in [2.05, 4.69) is 53.7 Å². The number of aryl methyl sites for hydroxylation is 2. The molecule has 3 aromatic rings. The zero-order chi connectivity index (χ0) is 15.5. The molecule has 0 N–H and O–H groups in total. The van der Waals surface area contributed by atoms with Crippen molar-refractivity contribution in [2.45, 2.75) is 51.7 Å². The zero-order valence-electron chi connectivity index (χ0n) is 13.5. The van der Waals surface area contributed by atoms with Gasteiger partial charge in [-0.3, -0.25) is 0 Å². The Morgan fingerprint density at radius 2 is 2.00 bits per heavy atom. The largest absolute Gasteiger partial charge is 0.324 e. The van der Waals surface area contributed by atoms with Gasteiger partial charge in [-0.2, -0.15) is 0 Å². The lowest BCUT2D eigenvalue weighted by Gasteiger charge is -2.04. The van der Waals surface area contributed by atoms with Crippen LogP contribution in [0.4, 0.5) is 0 Å². The van der Waals surface area contributed by atoms with Crippen LogP contribution in [0, 0.1) is 6.92 Å². The molecular formula is C17H22N4S. The lowest BCUT2D eigenvalue weighted by molar-refractivity contribution is 0.709. The molecule has 2 aromatic heterocycles. The number of thioether (sulfide) groups is 1. The van der Waals surface area contributed by atoms with Crippen LogP contribution in [0.3, 0.4) is 0 Å². The number of hydrogen-bond donors (Lipinski definition) is 0. The molecule has 0 aliphatic heterocycles. The molecule has 0 saturated heterocycles. The fourth-order valence-corrected chi connectivity index (χ4v) is 3.54. The summed E-state index contributed by atoms with van der Waals surface area (Å²) in [7, 11) is 0. The Morgan fingerprint density at radius 1 is 1.14 bits per heavy atom. The van der Waals surface area contributed by atoms with E-state index < -0.39 is 0 Å². The summed E-state index contributed by atoms with van der Waals surface area (Å²) in [6.45, 7) is 7.46. The molecule has 0 atom stereocenters. The van der Waals surface area contributed by atoms with Crippen molar-refractivity contribution < 1.29 is 0 Å². The molecule has 0 aliphatic rings. The first kappa shape index (κ1) is 15.3. The van der Waals surface area contributed by atoms with Crippen LogP contribution in [-0.2, 0) is 6.54 Å². The topological polar surface area (TPSA) is 43.6 Å². The van der Waals surface area contributed by atoms with Crippen LogP contribution in [0.15, 0.2) is 23.4 Å². The van der Waals surface area contributed by atoms with Gasteiger partial charge in [0, 0.05) is 17.7 Å². The van der Waals surface area contributed by atoms with E-state index in [-0.39, 0.29) is 0 Å². The zero-order valence-corrected chi connectivity index (χ0v) is 14.3. The fraction of sp³-hybridized carbons (Fsp3) is 0.471. The summed E-state index contributed by atoms with van der Waals surface area (Å²) in [5.41, 5.74) is 4.34. The molecule has 0 aliphatic carbocycles. The van der Waals surface area contributed by atoms with Crippen LogP contribution in [0.2, 0.25) is 0 Å². The van der Waals surface area contributed by atoms with Crippen LogP contribution in [-0.4, -0.2) is 25.5 Å². The first-order chi connectivity index (χ1) is 10.7. The minimum Gasteiger partial charge on any atom is -0.324 e. The van der Waals surface area contributed by atoms with Crippen molar-refractivity contribution in [3.05, 3.63) is 23.8 Å². The summed E-state index contributed by atoms with van der Waals surface area (Å²) in [6.07, 6.45) is 3.45. The summed E-state index contributed by atoms with van der Waals surface area (Å²) in [5.74, 6) is 1.05. The van der Waals surface area contributed by atoms with Crippen molar-refractivity contribution in [3.8, 4) is 0 Å². The van der Waals surface area contributed by atoms with Gasteiger partial charge in [0.05, 0.1) is 5.52 Å². The third kappa shape index (κ3) is 2.82. The van der Waals surface area contributed by atoms with Gasteiger partial charge in [-0.15, -0.1) is 10.2 Å². The molecule has 0 unspecified atom stereocenters. The summed E-state index contributed by atoms with van der Waals surface area (Å²) in [5, 5.41) is 10.7. The van der Waals surface area contributed by atoms with Gasteiger partial charge >= 0.3 is 0 Å². The Labute approximate surface area is 135 Å². The summed E-state index contributed by atoms with van der Waals surface area (Å²) >= 11 is 1.70. The number of unbranched alkanes of at least 4 members (excludes halogenated alkanes) is 1. The molecule has 0 amide bonds. The van der Waals surface area contributed by atoms with Crippen molar-refractivity contribution in [2.75, 3.05) is 5.75 Å². The van der Waals surface area contributed by atoms with Gasteiger partial charge < -0.3 is 4.57 Å². The molecule has 0 bridgehead atoms. The van der Waals surface area contributed by atoms with Gasteiger partial charge in [-0.1, -0.05) is 43.7 Å². The molecule has 0 fully saturated rings. The van der Waals surface area contributed by atoms with Crippen LogP contribution in [0.1, 0.15) is 38.7 Å². The molecule has 0 saturated carbocycles. The number of fused-ring (bicyclic) bond motifs is 3. The molecular weight excluding hydrogens is 292 g/mol. The first-order valence-electron chi connectivity index (χ1n) is 8.00. The van der Waals surface area contributed by atoms with Crippen molar-refractivity contribution in [1.82, 2.24) is 19.7 Å². The van der Waals surface area contributed by atoms with E-state index >= 15 is 0 Å². The highest BCUT2D eigenvalue weighted by Crippen LogP contribution is 2.28. The Kier molecular flexibility index (Phi) is 4.62. The normalized spacial score (nSPS) is 11.6. The second kappa shape index (κ2) is 6.65. The van der Waals surface area contributed by atoms with Gasteiger partial charge in [-0.25, -0.2) is 4.98 Å². The minimum absolute atomic E-state index is 0.790.